The van der Waals surface area contributed by atoms with Crippen molar-refractivity contribution < 1.29 is 35.9 Å². The minimum Gasteiger partial charge on any atom is -0.454 e. The number of rotatable bonds is 20. The minimum atomic E-state index is -4.17. The van der Waals surface area contributed by atoms with Crippen LogP contribution in [0, 0.1) is 0 Å². The Morgan fingerprint density at radius 3 is 1.52 bits per heavy atom. The van der Waals surface area contributed by atoms with Crippen LogP contribution in [0.1, 0.15) is 78.1 Å². The standard InChI is InChI=1S/C24H27N3O4S.C20H22N4O4S.C6H8N2/c1-2-3-14-27-21-16-18(22(28)13-12-19-9-7-8-15-26-19)17-23(32(25,29)30)24(21)31-20-10-5-4-6-11-20;1-2-3-9-23-17-12-15(20(25)24-11-10-22-14-24)13-18(29(21,26)27)19(17)28-16-7-5-4-6-8-16;7-5-6-3-1-2-4-8-6/h4-11,15-17,27H,2-3,12-14H2,1H3,(H2,25,29,30);4-8,10-14,23H,2-3,9H2,1H3,(H2,21,26,27);1-4H,5,7H2. The largest absolute Gasteiger partial charge is 0.454 e. The molecule has 19 heteroatoms. The lowest BCUT2D eigenvalue weighted by atomic mass is 10.0. The summed E-state index contributed by atoms with van der Waals surface area (Å²) >= 11 is 0. The zero-order valence-electron chi connectivity index (χ0n) is 38.4. The van der Waals surface area contributed by atoms with Gasteiger partial charge in [-0.3, -0.25) is 24.1 Å². The first-order valence-corrected chi connectivity index (χ1v) is 25.2. The van der Waals surface area contributed by atoms with E-state index in [4.69, 9.17) is 25.5 Å². The molecule has 0 fully saturated rings. The molecular formula is C50H57N9O8S2. The van der Waals surface area contributed by atoms with Crippen molar-refractivity contribution in [2.24, 2.45) is 16.0 Å². The van der Waals surface area contributed by atoms with E-state index in [0.29, 0.717) is 48.9 Å². The minimum absolute atomic E-state index is 0.0528. The molecule has 0 amide bonds. The van der Waals surface area contributed by atoms with Crippen LogP contribution in [-0.2, 0) is 33.0 Å². The molecule has 3 heterocycles. The van der Waals surface area contributed by atoms with Crippen LogP contribution in [0.5, 0.6) is 23.0 Å². The molecule has 3 aromatic heterocycles. The Labute approximate surface area is 403 Å². The van der Waals surface area contributed by atoms with Crippen LogP contribution in [0.2, 0.25) is 0 Å². The van der Waals surface area contributed by atoms with Crippen LogP contribution in [0.25, 0.3) is 0 Å². The van der Waals surface area contributed by atoms with E-state index < -0.39 is 26.0 Å². The molecule has 0 aliphatic heterocycles. The maximum atomic E-state index is 12.9. The van der Waals surface area contributed by atoms with Gasteiger partial charge in [-0.2, -0.15) is 0 Å². The number of ketones is 1. The highest BCUT2D eigenvalue weighted by Crippen LogP contribution is 2.39. The summed E-state index contributed by atoms with van der Waals surface area (Å²) in [6.07, 6.45) is 12.0. The molecule has 7 rings (SSSR count). The highest BCUT2D eigenvalue weighted by Gasteiger charge is 2.25. The van der Waals surface area contributed by atoms with E-state index in [-0.39, 0.29) is 44.6 Å². The zero-order valence-corrected chi connectivity index (χ0v) is 40.0. The molecule has 0 atom stereocenters. The van der Waals surface area contributed by atoms with Gasteiger partial charge in [-0.15, -0.1) is 0 Å². The maximum absolute atomic E-state index is 12.9. The molecule has 4 aromatic carbocycles. The summed E-state index contributed by atoms with van der Waals surface area (Å²) in [6, 6.07) is 34.5. The summed E-state index contributed by atoms with van der Waals surface area (Å²) in [7, 11) is -8.33. The molecule has 362 valence electrons. The van der Waals surface area contributed by atoms with Gasteiger partial charge in [0.25, 0.3) is 5.91 Å². The van der Waals surface area contributed by atoms with Gasteiger partial charge < -0.3 is 25.8 Å². The Hall–Kier alpha value is -7.29. The lowest BCUT2D eigenvalue weighted by Crippen LogP contribution is -2.18. The fourth-order valence-corrected chi connectivity index (χ4v) is 7.78. The normalized spacial score (nSPS) is 11.0. The van der Waals surface area contributed by atoms with E-state index in [1.807, 2.05) is 55.5 Å². The van der Waals surface area contributed by atoms with Gasteiger partial charge in [0.1, 0.15) is 27.6 Å². The number of imidazole rings is 1. The average molecular weight is 976 g/mol. The number of pyridine rings is 2. The first kappa shape index (κ1) is 52.7. The predicted molar refractivity (Wildman–Crippen MR) is 266 cm³/mol. The third-order valence-corrected chi connectivity index (χ3v) is 11.8. The van der Waals surface area contributed by atoms with Crippen molar-refractivity contribution in [2.45, 2.75) is 68.7 Å². The molecule has 17 nitrogen and oxygen atoms in total. The fraction of sp³-hybridized carbons (Fsp3) is 0.220. The van der Waals surface area contributed by atoms with Crippen LogP contribution in [0.15, 0.2) is 162 Å². The Morgan fingerprint density at radius 2 is 1.10 bits per heavy atom. The van der Waals surface area contributed by atoms with Gasteiger partial charge in [-0.05, 0) is 92.1 Å². The zero-order chi connectivity index (χ0) is 49.7. The quantitative estimate of drug-likeness (QED) is 0.0355. The number of nitrogens with one attached hydrogen (secondary N) is 2. The number of sulfonamides is 2. The van der Waals surface area contributed by atoms with E-state index in [1.54, 1.807) is 73.1 Å². The number of Topliss-reactive ketones (excluding diaryl/α,β-unsaturated/α-hetero) is 1. The third-order valence-electron chi connectivity index (χ3n) is 9.92. The molecule has 0 aliphatic rings. The number of aryl methyl sites for hydroxylation is 1. The monoisotopic (exact) mass is 975 g/mol. The third kappa shape index (κ3) is 16.5. The van der Waals surface area contributed by atoms with E-state index in [0.717, 1.165) is 37.1 Å². The second kappa shape index (κ2) is 26.3. The van der Waals surface area contributed by atoms with Gasteiger partial charge in [0.05, 0.1) is 17.1 Å². The summed E-state index contributed by atoms with van der Waals surface area (Å²) in [6.45, 7) is 5.79. The number of aromatic nitrogens is 4. The molecule has 0 spiro atoms. The Balaban J connectivity index is 0.000000222. The number of para-hydroxylation sites is 2. The van der Waals surface area contributed by atoms with Gasteiger partial charge in [-0.1, -0.05) is 75.2 Å². The lowest BCUT2D eigenvalue weighted by Gasteiger charge is -2.18. The summed E-state index contributed by atoms with van der Waals surface area (Å²) in [4.78, 5) is 37.2. The molecule has 7 aromatic rings. The van der Waals surface area contributed by atoms with E-state index >= 15 is 0 Å². The topological polar surface area (TPSA) is 267 Å². The number of hydrogen-bond donors (Lipinski definition) is 5. The number of carbonyl (C=O) groups is 2. The molecule has 0 unspecified atom stereocenters. The van der Waals surface area contributed by atoms with Crippen LogP contribution in [0.4, 0.5) is 11.4 Å². The molecule has 8 N–H and O–H groups in total. The Kier molecular flexibility index (Phi) is 20.1. The van der Waals surface area contributed by atoms with Gasteiger partial charge in [0, 0.05) is 67.7 Å². The lowest BCUT2D eigenvalue weighted by molar-refractivity contribution is 0.0957. The van der Waals surface area contributed by atoms with Crippen molar-refractivity contribution in [3.05, 3.63) is 175 Å². The van der Waals surface area contributed by atoms with Crippen LogP contribution in [-0.4, -0.2) is 61.1 Å². The SMILES string of the molecule is CCCCNc1cc(C(=O)CCc2ccccn2)cc(S(N)(=O)=O)c1Oc1ccccc1.CCCCNc1cc(C(=O)n2ccnc2)cc(S(N)(=O)=O)c1Oc1ccccc1.NCc1ccccn1. The summed E-state index contributed by atoms with van der Waals surface area (Å²) in [5, 5.41) is 17.3. The van der Waals surface area contributed by atoms with Crippen molar-refractivity contribution in [3.8, 4) is 23.0 Å². The number of benzene rings is 4. The number of ether oxygens (including phenoxy) is 2. The van der Waals surface area contributed by atoms with Crippen molar-refractivity contribution in [1.29, 1.82) is 0 Å². The first-order valence-electron chi connectivity index (χ1n) is 22.1. The van der Waals surface area contributed by atoms with Gasteiger partial charge in [0.2, 0.25) is 20.0 Å². The summed E-state index contributed by atoms with van der Waals surface area (Å²) in [5.41, 5.74) is 8.20. The van der Waals surface area contributed by atoms with E-state index in [2.05, 4.69) is 32.5 Å². The van der Waals surface area contributed by atoms with E-state index in [1.165, 1.54) is 35.4 Å². The molecule has 0 saturated heterocycles. The average Bonchev–Trinajstić information content (AvgIpc) is 3.90. The van der Waals surface area contributed by atoms with Gasteiger partial charge >= 0.3 is 0 Å². The maximum Gasteiger partial charge on any atom is 0.263 e. The molecule has 69 heavy (non-hydrogen) atoms. The summed E-state index contributed by atoms with van der Waals surface area (Å²) in [5.74, 6) is 0.408. The van der Waals surface area contributed by atoms with Crippen molar-refractivity contribution in [2.75, 3.05) is 23.7 Å². The number of anilines is 2. The van der Waals surface area contributed by atoms with Gasteiger partial charge in [0.15, 0.2) is 17.3 Å². The van der Waals surface area contributed by atoms with Crippen LogP contribution in [0.3, 0.4) is 0 Å². The van der Waals surface area contributed by atoms with Crippen molar-refractivity contribution in [1.82, 2.24) is 19.5 Å². The number of unbranched alkanes of at least 4 members (excludes halogenated alkanes) is 2. The first-order chi connectivity index (χ1) is 33.2. The second-order valence-electron chi connectivity index (χ2n) is 15.2. The molecular weight excluding hydrogens is 919 g/mol. The number of carbonyl (C=O) groups excluding carboxylic acids is 2. The molecule has 0 saturated carbocycles. The number of nitrogens with zero attached hydrogens (tertiary/aromatic N) is 4. The Bertz CT molecular complexity index is 2930. The van der Waals surface area contributed by atoms with Crippen LogP contribution >= 0.6 is 0 Å². The van der Waals surface area contributed by atoms with Gasteiger partial charge in [-0.25, -0.2) is 32.1 Å². The molecule has 0 aliphatic carbocycles. The molecule has 0 bridgehead atoms. The number of hydrogen-bond acceptors (Lipinski definition) is 14. The summed E-state index contributed by atoms with van der Waals surface area (Å²) < 4.78 is 62.6. The number of nitrogens with two attached hydrogens (primary N) is 3. The predicted octanol–water partition coefficient (Wildman–Crippen LogP) is 8.31. The van der Waals surface area contributed by atoms with E-state index in [9.17, 15) is 26.4 Å². The smallest absolute Gasteiger partial charge is 0.263 e. The van der Waals surface area contributed by atoms with Crippen molar-refractivity contribution in [3.63, 3.8) is 0 Å². The second-order valence-corrected chi connectivity index (χ2v) is 18.3. The highest BCUT2D eigenvalue weighted by molar-refractivity contribution is 7.89. The van der Waals surface area contributed by atoms with Crippen molar-refractivity contribution >= 4 is 43.1 Å². The highest BCUT2D eigenvalue weighted by atomic mass is 32.2. The molecule has 0 radical (unpaired) electrons. The fourth-order valence-electron chi connectivity index (χ4n) is 6.38. The Morgan fingerprint density at radius 1 is 0.623 bits per heavy atom. The van der Waals surface area contributed by atoms with Crippen LogP contribution < -0.4 is 36.1 Å². The number of primary sulfonamides is 2.